The molecule has 3 N–H and O–H groups in total. The van der Waals surface area contributed by atoms with Crippen LogP contribution in [0.5, 0.6) is 0 Å². The van der Waals surface area contributed by atoms with Crippen LogP contribution in [0.4, 0.5) is 0 Å². The van der Waals surface area contributed by atoms with E-state index in [0.29, 0.717) is 5.16 Å². The van der Waals surface area contributed by atoms with E-state index in [2.05, 4.69) is 15.5 Å². The Bertz CT molecular complexity index is 527. The van der Waals surface area contributed by atoms with E-state index in [1.807, 2.05) is 30.3 Å². The molecule has 0 fully saturated rings. The molecule has 1 aromatic heterocycles. The first-order chi connectivity index (χ1) is 8.72. The van der Waals surface area contributed by atoms with Gasteiger partial charge in [-0.25, -0.2) is 15.5 Å². The van der Waals surface area contributed by atoms with Gasteiger partial charge in [0.15, 0.2) is 5.16 Å². The highest BCUT2D eigenvalue weighted by molar-refractivity contribution is 8.00. The molecule has 1 atom stereocenters. The Kier molecular flexibility index (Phi) is 3.96. The van der Waals surface area contributed by atoms with Gasteiger partial charge in [-0.1, -0.05) is 42.1 Å². The van der Waals surface area contributed by atoms with Gasteiger partial charge in [0.05, 0.1) is 0 Å². The van der Waals surface area contributed by atoms with Crippen LogP contribution >= 0.6 is 11.8 Å². The molecule has 0 saturated heterocycles. The lowest BCUT2D eigenvalue weighted by Gasteiger charge is -2.14. The predicted octanol–water partition coefficient (Wildman–Crippen LogP) is 0.638. The van der Waals surface area contributed by atoms with Gasteiger partial charge in [0.2, 0.25) is 0 Å². The van der Waals surface area contributed by atoms with Gasteiger partial charge in [-0.3, -0.25) is 10.2 Å². The van der Waals surface area contributed by atoms with Gasteiger partial charge in [-0.15, -0.1) is 0 Å². The number of nitrogens with one attached hydrogen (secondary N) is 1. The molecule has 7 heteroatoms. The summed E-state index contributed by atoms with van der Waals surface area (Å²) in [6, 6.07) is 9.41. The van der Waals surface area contributed by atoms with Gasteiger partial charge < -0.3 is 0 Å². The molecule has 18 heavy (non-hydrogen) atoms. The summed E-state index contributed by atoms with van der Waals surface area (Å²) in [5.74, 6) is 4.95. The fraction of sp³-hybridized carbons (Fsp3) is 0.182. The van der Waals surface area contributed by atoms with E-state index in [4.69, 9.17) is 5.84 Å². The minimum atomic E-state index is -0.445. The molecule has 2 aromatic rings. The largest absolute Gasteiger partial charge is 0.293 e. The molecule has 0 aliphatic carbocycles. The minimum Gasteiger partial charge on any atom is -0.293 e. The molecule has 1 unspecified atom stereocenters. The molecule has 0 aliphatic rings. The normalized spacial score (nSPS) is 12.1. The Morgan fingerprint density at radius 2 is 2.17 bits per heavy atom. The van der Waals surface area contributed by atoms with Crippen LogP contribution in [0.15, 0.2) is 41.8 Å². The molecular formula is C11H13N5OS. The summed E-state index contributed by atoms with van der Waals surface area (Å²) in [5.41, 5.74) is 3.05. The van der Waals surface area contributed by atoms with Crippen molar-refractivity contribution < 1.29 is 4.79 Å². The van der Waals surface area contributed by atoms with E-state index < -0.39 is 5.25 Å². The first kappa shape index (κ1) is 12.6. The molecule has 0 spiro atoms. The van der Waals surface area contributed by atoms with Crippen LogP contribution in [0, 0.1) is 0 Å². The number of carbonyl (C=O) groups is 1. The van der Waals surface area contributed by atoms with Gasteiger partial charge in [0.1, 0.15) is 11.6 Å². The maximum absolute atomic E-state index is 11.8. The average molecular weight is 263 g/mol. The van der Waals surface area contributed by atoms with Crippen molar-refractivity contribution in [3.05, 3.63) is 42.2 Å². The topological polar surface area (TPSA) is 85.8 Å². The van der Waals surface area contributed by atoms with E-state index in [1.54, 1.807) is 11.7 Å². The highest BCUT2D eigenvalue weighted by Crippen LogP contribution is 2.33. The zero-order valence-corrected chi connectivity index (χ0v) is 10.6. The van der Waals surface area contributed by atoms with Crippen molar-refractivity contribution in [2.24, 2.45) is 12.9 Å². The fourth-order valence-electron chi connectivity index (χ4n) is 1.47. The molecule has 6 nitrogen and oxygen atoms in total. The molecule has 0 bridgehead atoms. The van der Waals surface area contributed by atoms with Crippen molar-refractivity contribution in [2.45, 2.75) is 10.4 Å². The lowest BCUT2D eigenvalue weighted by atomic mass is 10.1. The van der Waals surface area contributed by atoms with Crippen LogP contribution in [-0.4, -0.2) is 20.7 Å². The molecule has 0 aliphatic heterocycles. The molecular weight excluding hydrogens is 250 g/mol. The lowest BCUT2D eigenvalue weighted by molar-refractivity contribution is -0.120. The predicted molar refractivity (Wildman–Crippen MR) is 68.4 cm³/mol. The average Bonchev–Trinajstić information content (AvgIpc) is 2.81. The van der Waals surface area contributed by atoms with E-state index in [1.165, 1.54) is 18.1 Å². The Morgan fingerprint density at radius 3 is 2.72 bits per heavy atom. The number of hydrazine groups is 1. The number of aromatic nitrogens is 3. The first-order valence-electron chi connectivity index (χ1n) is 5.28. The van der Waals surface area contributed by atoms with Crippen LogP contribution in [0.25, 0.3) is 0 Å². The van der Waals surface area contributed by atoms with Crippen molar-refractivity contribution >= 4 is 17.7 Å². The second-order valence-electron chi connectivity index (χ2n) is 3.58. The molecule has 2 rings (SSSR count). The van der Waals surface area contributed by atoms with Crippen molar-refractivity contribution in [1.82, 2.24) is 20.2 Å². The number of aryl methyl sites for hydroxylation is 1. The van der Waals surface area contributed by atoms with Crippen LogP contribution in [0.1, 0.15) is 10.8 Å². The van der Waals surface area contributed by atoms with Crippen molar-refractivity contribution in [3.8, 4) is 0 Å². The summed E-state index contributed by atoms with van der Waals surface area (Å²) in [4.78, 5) is 15.9. The molecule has 0 radical (unpaired) electrons. The number of rotatable bonds is 4. The molecule has 94 valence electrons. The van der Waals surface area contributed by atoms with E-state index in [-0.39, 0.29) is 5.91 Å². The smallest absolute Gasteiger partial charge is 0.251 e. The summed E-state index contributed by atoms with van der Waals surface area (Å²) >= 11 is 1.31. The number of hydrogen-bond acceptors (Lipinski definition) is 5. The highest BCUT2D eigenvalue weighted by atomic mass is 32.2. The summed E-state index contributed by atoms with van der Waals surface area (Å²) in [6.07, 6.45) is 1.45. The highest BCUT2D eigenvalue weighted by Gasteiger charge is 2.23. The van der Waals surface area contributed by atoms with E-state index in [9.17, 15) is 4.79 Å². The molecule has 1 aromatic carbocycles. The second kappa shape index (κ2) is 5.65. The number of nitrogens with zero attached hydrogens (tertiary/aromatic N) is 3. The Labute approximate surface area is 109 Å². The first-order valence-corrected chi connectivity index (χ1v) is 6.16. The van der Waals surface area contributed by atoms with E-state index >= 15 is 0 Å². The van der Waals surface area contributed by atoms with Gasteiger partial charge >= 0.3 is 0 Å². The van der Waals surface area contributed by atoms with Gasteiger partial charge in [-0.05, 0) is 5.56 Å². The third kappa shape index (κ3) is 2.69. The van der Waals surface area contributed by atoms with E-state index in [0.717, 1.165) is 5.56 Å². The maximum Gasteiger partial charge on any atom is 0.251 e. The van der Waals surface area contributed by atoms with Crippen molar-refractivity contribution in [2.75, 3.05) is 0 Å². The summed E-state index contributed by atoms with van der Waals surface area (Å²) in [6.45, 7) is 0. The Hall–Kier alpha value is -1.86. The van der Waals surface area contributed by atoms with Gasteiger partial charge in [-0.2, -0.15) is 5.10 Å². The molecule has 1 heterocycles. The minimum absolute atomic E-state index is 0.269. The number of nitrogens with two attached hydrogens (primary N) is 1. The molecule has 1 amide bonds. The Balaban J connectivity index is 2.27. The monoisotopic (exact) mass is 263 g/mol. The van der Waals surface area contributed by atoms with Gasteiger partial charge in [0.25, 0.3) is 5.91 Å². The summed E-state index contributed by atoms with van der Waals surface area (Å²) in [7, 11) is 1.78. The number of amides is 1. The fourth-order valence-corrected chi connectivity index (χ4v) is 2.46. The van der Waals surface area contributed by atoms with Crippen LogP contribution in [0.2, 0.25) is 0 Å². The summed E-state index contributed by atoms with van der Waals surface area (Å²) in [5, 5.41) is 4.18. The Morgan fingerprint density at radius 1 is 1.44 bits per heavy atom. The summed E-state index contributed by atoms with van der Waals surface area (Å²) < 4.78 is 1.62. The van der Waals surface area contributed by atoms with Crippen molar-refractivity contribution in [1.29, 1.82) is 0 Å². The standard InChI is InChI=1S/C11H13N5OS/c1-16-11(13-7-14-16)18-9(10(17)15-12)8-5-3-2-4-6-8/h2-7,9H,12H2,1H3,(H,15,17). The zero-order valence-electron chi connectivity index (χ0n) is 9.78. The van der Waals surface area contributed by atoms with Crippen LogP contribution in [-0.2, 0) is 11.8 Å². The number of carbonyl (C=O) groups excluding carboxylic acids is 1. The SMILES string of the molecule is Cn1ncnc1SC(C(=O)NN)c1ccccc1. The third-order valence-corrected chi connectivity index (χ3v) is 3.68. The number of thioether (sulfide) groups is 1. The van der Waals surface area contributed by atoms with Crippen molar-refractivity contribution in [3.63, 3.8) is 0 Å². The number of hydrogen-bond donors (Lipinski definition) is 2. The quantitative estimate of drug-likeness (QED) is 0.366. The second-order valence-corrected chi connectivity index (χ2v) is 4.66. The number of benzene rings is 1. The molecule has 0 saturated carbocycles. The third-order valence-electron chi connectivity index (χ3n) is 2.38. The van der Waals surface area contributed by atoms with Crippen LogP contribution < -0.4 is 11.3 Å². The zero-order chi connectivity index (χ0) is 13.0. The maximum atomic E-state index is 11.8. The van der Waals surface area contributed by atoms with Gasteiger partial charge in [0, 0.05) is 7.05 Å². The van der Waals surface area contributed by atoms with Crippen LogP contribution in [0.3, 0.4) is 0 Å². The lowest BCUT2D eigenvalue weighted by Crippen LogP contribution is -2.33.